The maximum absolute atomic E-state index is 10.4. The van der Waals surface area contributed by atoms with Crippen LogP contribution >= 0.6 is 12.6 Å². The summed E-state index contributed by atoms with van der Waals surface area (Å²) in [6.45, 7) is 1.62. The third-order valence-corrected chi connectivity index (χ3v) is 1.07. The van der Waals surface area contributed by atoms with E-state index in [0.29, 0.717) is 5.69 Å². The van der Waals surface area contributed by atoms with Gasteiger partial charge in [-0.3, -0.25) is 4.79 Å². The molecule has 0 aliphatic rings. The van der Waals surface area contributed by atoms with Crippen LogP contribution in [-0.4, -0.2) is 15.4 Å². The zero-order valence-electron chi connectivity index (χ0n) is 4.66. The standard InChI is InChI=1S/C4H4N2O2S/c1-2-3(4(7)9)6-8-5-2/h1H3,(H,7,9). The average molecular weight is 144 g/mol. The van der Waals surface area contributed by atoms with Gasteiger partial charge in [0.1, 0.15) is 5.69 Å². The van der Waals surface area contributed by atoms with Crippen LogP contribution in [0.1, 0.15) is 16.2 Å². The number of nitrogens with zero attached hydrogens (tertiary/aromatic N) is 2. The first kappa shape index (κ1) is 6.28. The van der Waals surface area contributed by atoms with Crippen molar-refractivity contribution in [2.75, 3.05) is 0 Å². The Morgan fingerprint density at radius 3 is 2.56 bits per heavy atom. The summed E-state index contributed by atoms with van der Waals surface area (Å²) in [5.74, 6) is 0. The van der Waals surface area contributed by atoms with E-state index in [1.54, 1.807) is 6.92 Å². The van der Waals surface area contributed by atoms with Gasteiger partial charge in [-0.05, 0) is 12.1 Å². The number of aryl methyl sites for hydroxylation is 1. The molecular weight excluding hydrogens is 140 g/mol. The summed E-state index contributed by atoms with van der Waals surface area (Å²) in [5, 5.41) is 6.26. The Hall–Kier alpha value is -0.840. The highest BCUT2D eigenvalue weighted by Gasteiger charge is 2.09. The van der Waals surface area contributed by atoms with E-state index in [9.17, 15) is 4.79 Å². The minimum Gasteiger partial charge on any atom is -0.280 e. The normalized spacial score (nSPS) is 9.56. The van der Waals surface area contributed by atoms with Gasteiger partial charge in [-0.2, -0.15) is 0 Å². The number of thiol groups is 1. The molecule has 0 aromatic carbocycles. The number of rotatable bonds is 1. The van der Waals surface area contributed by atoms with Gasteiger partial charge in [0.2, 0.25) is 5.12 Å². The molecule has 5 heteroatoms. The molecule has 0 fully saturated rings. The van der Waals surface area contributed by atoms with E-state index in [1.165, 1.54) is 0 Å². The summed E-state index contributed by atoms with van der Waals surface area (Å²) >= 11 is 3.52. The lowest BCUT2D eigenvalue weighted by molar-refractivity contribution is 0.108. The number of aromatic nitrogens is 2. The summed E-state index contributed by atoms with van der Waals surface area (Å²) in [6, 6.07) is 0. The van der Waals surface area contributed by atoms with Crippen LogP contribution in [0.15, 0.2) is 4.63 Å². The Bertz CT molecular complexity index is 232. The van der Waals surface area contributed by atoms with Crippen LogP contribution in [0, 0.1) is 6.92 Å². The van der Waals surface area contributed by atoms with Crippen molar-refractivity contribution in [1.82, 2.24) is 10.3 Å². The van der Waals surface area contributed by atoms with E-state index in [-0.39, 0.29) is 5.69 Å². The molecule has 9 heavy (non-hydrogen) atoms. The molecule has 1 aromatic heterocycles. The van der Waals surface area contributed by atoms with E-state index >= 15 is 0 Å². The predicted molar refractivity (Wildman–Crippen MR) is 32.4 cm³/mol. The van der Waals surface area contributed by atoms with Crippen molar-refractivity contribution in [3.63, 3.8) is 0 Å². The molecule has 48 valence electrons. The van der Waals surface area contributed by atoms with Crippen LogP contribution in [-0.2, 0) is 0 Å². The second-order valence-corrected chi connectivity index (χ2v) is 1.91. The van der Waals surface area contributed by atoms with Crippen LogP contribution < -0.4 is 0 Å². The third kappa shape index (κ3) is 1.10. The fourth-order valence-corrected chi connectivity index (χ4v) is 0.628. The van der Waals surface area contributed by atoms with E-state index < -0.39 is 5.12 Å². The van der Waals surface area contributed by atoms with Gasteiger partial charge in [-0.15, -0.1) is 0 Å². The number of hydrogen-bond acceptors (Lipinski definition) is 4. The van der Waals surface area contributed by atoms with E-state index in [4.69, 9.17) is 0 Å². The molecule has 0 unspecified atom stereocenters. The van der Waals surface area contributed by atoms with Crippen LogP contribution in [0.3, 0.4) is 0 Å². The molecule has 0 aliphatic carbocycles. The lowest BCUT2D eigenvalue weighted by Crippen LogP contribution is -1.90. The number of carbonyl (C=O) groups is 1. The highest BCUT2D eigenvalue weighted by atomic mass is 32.1. The van der Waals surface area contributed by atoms with Crippen LogP contribution in [0.2, 0.25) is 0 Å². The molecule has 0 saturated heterocycles. The summed E-state index contributed by atoms with van der Waals surface area (Å²) in [5.41, 5.74) is 0.647. The van der Waals surface area contributed by atoms with E-state index in [2.05, 4.69) is 27.6 Å². The molecule has 0 radical (unpaired) electrons. The summed E-state index contributed by atoms with van der Waals surface area (Å²) in [6.07, 6.45) is 0. The van der Waals surface area contributed by atoms with E-state index in [1.807, 2.05) is 0 Å². The molecule has 0 aliphatic heterocycles. The monoisotopic (exact) mass is 144 g/mol. The van der Waals surface area contributed by atoms with Gasteiger partial charge >= 0.3 is 0 Å². The van der Waals surface area contributed by atoms with Crippen molar-refractivity contribution in [3.05, 3.63) is 11.4 Å². The number of hydrogen-bond donors (Lipinski definition) is 1. The SMILES string of the molecule is Cc1nonc1C(=O)S. The van der Waals surface area contributed by atoms with Crippen molar-refractivity contribution in [1.29, 1.82) is 0 Å². The van der Waals surface area contributed by atoms with Crippen molar-refractivity contribution in [2.45, 2.75) is 6.92 Å². The van der Waals surface area contributed by atoms with Crippen LogP contribution in [0.5, 0.6) is 0 Å². The Morgan fingerprint density at radius 2 is 2.33 bits per heavy atom. The van der Waals surface area contributed by atoms with Gasteiger partial charge in [-0.25, -0.2) is 4.63 Å². The smallest absolute Gasteiger partial charge is 0.240 e. The molecule has 0 amide bonds. The van der Waals surface area contributed by atoms with Gasteiger partial charge in [0, 0.05) is 0 Å². The maximum Gasteiger partial charge on any atom is 0.240 e. The largest absolute Gasteiger partial charge is 0.280 e. The van der Waals surface area contributed by atoms with Crippen molar-refractivity contribution in [3.8, 4) is 0 Å². The minimum atomic E-state index is -0.422. The molecule has 0 N–H and O–H groups in total. The quantitative estimate of drug-likeness (QED) is 0.581. The Balaban J connectivity index is 3.08. The molecular formula is C4H4N2O2S. The first-order valence-electron chi connectivity index (χ1n) is 2.24. The molecule has 1 aromatic rings. The average Bonchev–Trinajstić information content (AvgIpc) is 2.13. The summed E-state index contributed by atoms with van der Waals surface area (Å²) in [4.78, 5) is 10.4. The Labute approximate surface area is 56.6 Å². The Kier molecular flexibility index (Phi) is 1.52. The van der Waals surface area contributed by atoms with Crippen molar-refractivity contribution >= 4 is 17.7 Å². The van der Waals surface area contributed by atoms with Gasteiger partial charge in [-0.1, -0.05) is 17.8 Å². The Morgan fingerprint density at radius 1 is 1.67 bits per heavy atom. The minimum absolute atomic E-state index is 0.179. The molecule has 4 nitrogen and oxygen atoms in total. The second-order valence-electron chi connectivity index (χ2n) is 1.50. The second kappa shape index (κ2) is 2.18. The fourth-order valence-electron chi connectivity index (χ4n) is 0.426. The highest BCUT2D eigenvalue weighted by Crippen LogP contribution is 2.02. The lowest BCUT2D eigenvalue weighted by atomic mass is 10.4. The predicted octanol–water partition coefficient (Wildman–Crippen LogP) is 0.448. The van der Waals surface area contributed by atoms with Crippen LogP contribution in [0.25, 0.3) is 0 Å². The van der Waals surface area contributed by atoms with Gasteiger partial charge < -0.3 is 0 Å². The zero-order chi connectivity index (χ0) is 6.85. The van der Waals surface area contributed by atoms with E-state index in [0.717, 1.165) is 0 Å². The maximum atomic E-state index is 10.4. The zero-order valence-corrected chi connectivity index (χ0v) is 5.55. The molecule has 0 spiro atoms. The van der Waals surface area contributed by atoms with Gasteiger partial charge in [0.25, 0.3) is 0 Å². The lowest BCUT2D eigenvalue weighted by Gasteiger charge is -1.79. The highest BCUT2D eigenvalue weighted by molar-refractivity contribution is 7.97. The number of carbonyl (C=O) groups excluding carboxylic acids is 1. The van der Waals surface area contributed by atoms with Gasteiger partial charge in [0.15, 0.2) is 5.69 Å². The summed E-state index contributed by atoms with van der Waals surface area (Å²) in [7, 11) is 0. The molecule has 0 atom stereocenters. The van der Waals surface area contributed by atoms with Crippen LogP contribution in [0.4, 0.5) is 0 Å². The third-order valence-electron chi connectivity index (χ3n) is 0.855. The first-order valence-corrected chi connectivity index (χ1v) is 2.69. The van der Waals surface area contributed by atoms with Crippen molar-refractivity contribution in [2.24, 2.45) is 0 Å². The molecule has 1 heterocycles. The summed E-state index contributed by atoms with van der Waals surface area (Å²) < 4.78 is 4.24. The topological polar surface area (TPSA) is 56.0 Å². The van der Waals surface area contributed by atoms with Crippen molar-refractivity contribution < 1.29 is 9.42 Å². The van der Waals surface area contributed by atoms with Gasteiger partial charge in [0.05, 0.1) is 0 Å². The first-order chi connectivity index (χ1) is 4.22. The molecule has 0 saturated carbocycles. The molecule has 1 rings (SSSR count). The molecule has 0 bridgehead atoms. The fraction of sp³-hybridized carbons (Fsp3) is 0.250.